The van der Waals surface area contributed by atoms with Crippen LogP contribution < -0.4 is 20.3 Å². The number of nitrogens with zero attached hydrogens (tertiary/aromatic N) is 10. The van der Waals surface area contributed by atoms with Crippen molar-refractivity contribution < 1.29 is 52.1 Å². The third-order valence-electron chi connectivity index (χ3n) is 17.0. The highest BCUT2D eigenvalue weighted by molar-refractivity contribution is 6.08. The van der Waals surface area contributed by atoms with E-state index in [9.17, 15) is 33.9 Å². The summed E-state index contributed by atoms with van der Waals surface area (Å²) in [5.41, 5.74) is 28.0. The van der Waals surface area contributed by atoms with Crippen LogP contribution in [0.15, 0.2) is 210 Å². The smallest absolute Gasteiger partial charge is 0.355 e. The maximum absolute atomic E-state index is 13.5. The number of β-lactam (4-membered cyclic amide) rings is 2. The highest BCUT2D eigenvalue weighted by Crippen LogP contribution is 2.50. The van der Waals surface area contributed by atoms with Crippen LogP contribution in [-0.4, -0.2) is 66.8 Å². The minimum Gasteiger partial charge on any atom is -0.489 e. The van der Waals surface area contributed by atoms with E-state index in [-0.39, 0.29) is 84.4 Å². The van der Waals surface area contributed by atoms with E-state index in [2.05, 4.69) is 30.0 Å². The van der Waals surface area contributed by atoms with Crippen molar-refractivity contribution in [3.05, 3.63) is 256 Å². The predicted octanol–water partition coefficient (Wildman–Crippen LogP) is 13.0. The molecule has 0 unspecified atom stereocenters. The fourth-order valence-electron chi connectivity index (χ4n) is 12.4. The summed E-state index contributed by atoms with van der Waals surface area (Å²) >= 11 is 0. The Balaban J connectivity index is 0.000000171. The van der Waals surface area contributed by atoms with Gasteiger partial charge in [0.1, 0.15) is 71.7 Å². The first-order chi connectivity index (χ1) is 45.6. The van der Waals surface area contributed by atoms with E-state index >= 15 is 0 Å². The molecule has 5 atom stereocenters. The second kappa shape index (κ2) is 25.8. The number of aromatic nitrogens is 2. The molecule has 0 radical (unpaired) electrons. The van der Waals surface area contributed by atoms with Crippen molar-refractivity contribution in [2.75, 3.05) is 0 Å². The number of aliphatic hydroxyl groups excluding tert-OH is 1. The number of esters is 2. The molecule has 94 heavy (non-hydrogen) atoms. The topological polar surface area (TPSA) is 316 Å². The van der Waals surface area contributed by atoms with Crippen LogP contribution >= 0.6 is 0 Å². The summed E-state index contributed by atoms with van der Waals surface area (Å²) in [6.07, 6.45) is 0.114. The third-order valence-corrected chi connectivity index (χ3v) is 17.0. The second-order valence-corrected chi connectivity index (χ2v) is 23.4. The van der Waals surface area contributed by atoms with Crippen LogP contribution in [0.2, 0.25) is 0 Å². The summed E-state index contributed by atoms with van der Waals surface area (Å²) in [4.78, 5) is 94.3. The van der Waals surface area contributed by atoms with E-state index in [1.807, 2.05) is 74.5 Å². The lowest BCUT2D eigenvalue weighted by atomic mass is 9.78. The molecule has 468 valence electrons. The number of carbonyl (C=O) groups is 4. The van der Waals surface area contributed by atoms with Crippen molar-refractivity contribution in [3.8, 4) is 34.4 Å². The number of hydrogen-bond donors (Lipinski definition) is 1. The summed E-state index contributed by atoms with van der Waals surface area (Å²) in [5, 5.41) is 17.3. The largest absolute Gasteiger partial charge is 0.489 e. The Kier molecular flexibility index (Phi) is 16.7. The zero-order valence-corrected chi connectivity index (χ0v) is 50.7. The number of ether oxygens (including phenoxy) is 4. The number of fused-ring (bicyclic) bond motifs is 6. The molecule has 1 N–H and O–H groups in total. The Morgan fingerprint density at radius 2 is 0.926 bits per heavy atom. The van der Waals surface area contributed by atoms with E-state index < -0.39 is 24.0 Å². The highest BCUT2D eigenvalue weighted by Gasteiger charge is 2.58. The fraction of sp³-hybridized carbons (Fsp3) is 0.211. The Hall–Kier alpha value is -11.9. The van der Waals surface area contributed by atoms with Gasteiger partial charge in [-0.1, -0.05) is 121 Å². The van der Waals surface area contributed by atoms with Crippen molar-refractivity contribution in [3.63, 3.8) is 0 Å². The first kappa shape index (κ1) is 61.0. The van der Waals surface area contributed by atoms with E-state index in [0.29, 0.717) is 92.0 Å². The van der Waals surface area contributed by atoms with Gasteiger partial charge in [-0.05, 0) is 130 Å². The van der Waals surface area contributed by atoms with Crippen LogP contribution in [0.3, 0.4) is 0 Å². The minimum absolute atomic E-state index is 0.0107. The monoisotopic (exact) mass is 1260 g/mol. The van der Waals surface area contributed by atoms with Crippen molar-refractivity contribution in [2.45, 2.75) is 78.2 Å². The number of hydrogen-bond acceptors (Lipinski definition) is 17. The second-order valence-electron chi connectivity index (χ2n) is 23.4. The van der Waals surface area contributed by atoms with Crippen LogP contribution in [0.4, 0.5) is 11.4 Å². The summed E-state index contributed by atoms with van der Waals surface area (Å²) in [5.74, 6) is -0.206. The lowest BCUT2D eigenvalue weighted by molar-refractivity contribution is -0.162. The normalized spacial score (nSPS) is 17.4. The lowest BCUT2D eigenvalue weighted by Crippen LogP contribution is -2.61. The maximum atomic E-state index is 13.5. The molecule has 14 rings (SSSR count). The van der Waals surface area contributed by atoms with Gasteiger partial charge in [0.25, 0.3) is 0 Å². The lowest BCUT2D eigenvalue weighted by Gasteiger charge is -2.45. The molecule has 2 saturated heterocycles. The van der Waals surface area contributed by atoms with Gasteiger partial charge < -0.3 is 42.7 Å². The van der Waals surface area contributed by atoms with Crippen molar-refractivity contribution in [1.82, 2.24) is 19.8 Å². The molecule has 8 aliphatic rings. The molecule has 23 heteroatoms. The molecule has 2 amide bonds. The van der Waals surface area contributed by atoms with Crippen molar-refractivity contribution >= 4 is 68.5 Å². The third kappa shape index (κ3) is 12.3. The summed E-state index contributed by atoms with van der Waals surface area (Å²) in [6.45, 7) is 6.13. The molecule has 6 heterocycles. The molecule has 23 nitrogen and oxygen atoms in total. The van der Waals surface area contributed by atoms with Gasteiger partial charge in [0, 0.05) is 45.5 Å². The van der Waals surface area contributed by atoms with Gasteiger partial charge in [-0.2, -0.15) is 0 Å². The molecular formula is C71H56N10O13. The van der Waals surface area contributed by atoms with Gasteiger partial charge in [0.15, 0.2) is 33.5 Å². The van der Waals surface area contributed by atoms with E-state index in [4.69, 9.17) is 38.8 Å². The van der Waals surface area contributed by atoms with Crippen LogP contribution in [0.5, 0.6) is 11.5 Å². The molecule has 0 saturated carbocycles. The van der Waals surface area contributed by atoms with Crippen LogP contribution in [0.25, 0.3) is 77.1 Å². The van der Waals surface area contributed by atoms with Gasteiger partial charge in [-0.3, -0.25) is 19.2 Å². The molecule has 6 aliphatic heterocycles. The van der Waals surface area contributed by atoms with E-state index in [1.54, 1.807) is 96.8 Å². The Morgan fingerprint density at radius 3 is 1.33 bits per heavy atom. The first-order valence-corrected chi connectivity index (χ1v) is 30.1. The number of carbonyl (C=O) groups excluding carboxylic acids is 4. The van der Waals surface area contributed by atoms with Crippen LogP contribution in [0, 0.1) is 17.8 Å². The van der Waals surface area contributed by atoms with Crippen LogP contribution in [-0.2, 0) is 55.1 Å². The quantitative estimate of drug-likeness (QED) is 0.0208. The number of rotatable bonds is 18. The first-order valence-electron chi connectivity index (χ1n) is 30.1. The van der Waals surface area contributed by atoms with E-state index in [1.165, 1.54) is 29.2 Å². The Labute approximate surface area is 534 Å². The number of aliphatic hydroxyl groups is 1. The van der Waals surface area contributed by atoms with Crippen molar-refractivity contribution in [2.24, 2.45) is 28.0 Å². The molecule has 6 aromatic rings. The SMILES string of the molecule is CC(C)[C@H]1C(=O)N2C(C(=O)OCc3ccc(N=[N+]=[N-])cc3)=C(c3ccc(COc4ccc5nc6ccc(=O)cc-6oc5c4)cc3)C[C@H]12.C[C@@H](O)[C@H]1C(=O)N2C(C(=O)OCc3ccc(N=[N+]=[N-])cc3)=C(c3ccc(COc4ccc5nc6ccc(=O)cc-6oc5c4)cc3)C[C@H]12. The molecule has 2 aliphatic carbocycles. The predicted molar refractivity (Wildman–Crippen MR) is 343 cm³/mol. The van der Waals surface area contributed by atoms with Gasteiger partial charge >= 0.3 is 11.9 Å². The molecule has 2 fully saturated rings. The van der Waals surface area contributed by atoms with Crippen molar-refractivity contribution in [1.29, 1.82) is 0 Å². The average Bonchev–Trinajstić information content (AvgIpc) is 1.56. The van der Waals surface area contributed by atoms with Gasteiger partial charge in [-0.15, -0.1) is 0 Å². The summed E-state index contributed by atoms with van der Waals surface area (Å²) in [7, 11) is 0. The molecular weight excluding hydrogens is 1200 g/mol. The van der Waals surface area contributed by atoms with Gasteiger partial charge in [0.2, 0.25) is 11.8 Å². The Morgan fingerprint density at radius 1 is 0.532 bits per heavy atom. The number of benzene rings is 8. The maximum Gasteiger partial charge on any atom is 0.355 e. The standard InChI is InChI=1S/C36H29N5O6.C35H27N5O7/c1-20(2)33-30-17-27(34(41(30)35(33)43)36(44)46-19-22-5-9-24(10-6-22)39-40-37)23-7-3-21(4-8-23)18-45-26-12-14-29-32(16-26)47-31-15-25(42)11-13-28(31)38-29;1-19(41)32-29-16-26(33(40(29)34(32)43)35(44)46-18-21-4-8-23(9-5-21)38-39-36)22-6-2-20(3-7-22)17-45-25-11-13-28-31(15-25)47-30-14-24(42)10-12-27(30)37-28/h3-16,20,30,33H,17-19H2,1-2H3;2-15,19,29,32,41H,16-18H2,1H3/t30-,33-;19-,29-,32-/m11/s1. The van der Waals surface area contributed by atoms with Gasteiger partial charge in [0.05, 0.1) is 30.0 Å². The number of azide groups is 2. The highest BCUT2D eigenvalue weighted by atomic mass is 16.5. The Bertz CT molecular complexity index is 4570. The van der Waals surface area contributed by atoms with Gasteiger partial charge in [-0.25, -0.2) is 19.6 Å². The number of amides is 2. The fourth-order valence-corrected chi connectivity index (χ4v) is 12.4. The summed E-state index contributed by atoms with van der Waals surface area (Å²) in [6, 6.07) is 47.9. The average molecular weight is 1260 g/mol. The van der Waals surface area contributed by atoms with Crippen LogP contribution in [0.1, 0.15) is 67.0 Å². The zero-order chi connectivity index (χ0) is 65.3. The zero-order valence-electron chi connectivity index (χ0n) is 50.7. The summed E-state index contributed by atoms with van der Waals surface area (Å²) < 4.78 is 35.2. The molecule has 0 bridgehead atoms. The molecule has 0 spiro atoms. The minimum atomic E-state index is -0.851. The molecule has 0 aromatic heterocycles. The van der Waals surface area contributed by atoms with E-state index in [0.717, 1.165) is 33.4 Å². The molecule has 6 aromatic carbocycles.